The van der Waals surface area contributed by atoms with Gasteiger partial charge in [0, 0.05) is 23.6 Å². The second kappa shape index (κ2) is 4.69. The highest BCUT2D eigenvalue weighted by Gasteiger charge is 2.38. The normalized spacial score (nSPS) is 20.2. The highest BCUT2D eigenvalue weighted by molar-refractivity contribution is 8.14. The summed E-state index contributed by atoms with van der Waals surface area (Å²) >= 11 is 0. The topological polar surface area (TPSA) is 89.5 Å². The molecular weight excluding hydrogens is 282 g/mol. The molecule has 1 unspecified atom stereocenters. The minimum absolute atomic E-state index is 0.0213. The Morgan fingerprint density at radius 1 is 1.50 bits per heavy atom. The van der Waals surface area contributed by atoms with Crippen molar-refractivity contribution in [1.82, 2.24) is 9.97 Å². The molecule has 18 heavy (non-hydrogen) atoms. The first-order valence-electron chi connectivity index (χ1n) is 5.01. The number of carbonyl (C=O) groups is 1. The molecule has 1 aliphatic rings. The number of nitrogens with zero attached hydrogens (tertiary/aromatic N) is 3. The molecule has 1 atom stereocenters. The van der Waals surface area contributed by atoms with Crippen molar-refractivity contribution in [2.75, 3.05) is 18.6 Å². The number of halogens is 1. The van der Waals surface area contributed by atoms with E-state index in [1.807, 2.05) is 0 Å². The predicted octanol–water partition coefficient (Wildman–Crippen LogP) is 0.159. The Hall–Kier alpha value is -1.41. The van der Waals surface area contributed by atoms with Crippen LogP contribution in [0, 0.1) is 0 Å². The van der Waals surface area contributed by atoms with Crippen molar-refractivity contribution in [1.29, 1.82) is 0 Å². The van der Waals surface area contributed by atoms with Gasteiger partial charge in [-0.25, -0.2) is 8.42 Å². The van der Waals surface area contributed by atoms with Gasteiger partial charge in [-0.05, 0) is 0 Å². The Kier molecular flexibility index (Phi) is 3.40. The summed E-state index contributed by atoms with van der Waals surface area (Å²) in [6, 6.07) is 0. The van der Waals surface area contributed by atoms with Crippen molar-refractivity contribution < 1.29 is 17.9 Å². The number of ether oxygens (including phenoxy) is 1. The van der Waals surface area contributed by atoms with Gasteiger partial charge in [0.05, 0.1) is 19.5 Å². The maximum atomic E-state index is 11.7. The molecule has 1 amide bonds. The molecule has 1 aromatic heterocycles. The molecule has 0 saturated carbocycles. The van der Waals surface area contributed by atoms with E-state index in [9.17, 15) is 13.2 Å². The molecule has 98 valence electrons. The molecule has 7 nitrogen and oxygen atoms in total. The lowest BCUT2D eigenvalue weighted by Gasteiger charge is -2.14. The second-order valence-corrected chi connectivity index (χ2v) is 6.63. The number of amides is 1. The minimum atomic E-state index is -3.76. The van der Waals surface area contributed by atoms with Crippen LogP contribution in [0.3, 0.4) is 0 Å². The molecule has 1 fully saturated rings. The van der Waals surface area contributed by atoms with Crippen LogP contribution in [0.25, 0.3) is 0 Å². The van der Waals surface area contributed by atoms with Crippen LogP contribution in [-0.2, 0) is 13.8 Å². The summed E-state index contributed by atoms with van der Waals surface area (Å²) in [5, 5.41) is -0.917. The quantitative estimate of drug-likeness (QED) is 0.737. The fourth-order valence-corrected chi connectivity index (χ4v) is 2.68. The minimum Gasteiger partial charge on any atom is -0.480 e. The third kappa shape index (κ3) is 2.54. The average Bonchev–Trinajstić information content (AvgIpc) is 2.71. The van der Waals surface area contributed by atoms with Crippen molar-refractivity contribution in [3.8, 4) is 5.88 Å². The number of hydrogen-bond donors (Lipinski definition) is 0. The maximum absolute atomic E-state index is 11.7. The molecule has 2 rings (SSSR count). The second-order valence-electron chi connectivity index (χ2n) is 3.73. The van der Waals surface area contributed by atoms with Crippen LogP contribution in [0.1, 0.15) is 6.42 Å². The summed E-state index contributed by atoms with van der Waals surface area (Å²) in [6.07, 6.45) is 2.61. The van der Waals surface area contributed by atoms with Crippen LogP contribution < -0.4 is 9.64 Å². The number of hydrogen-bond acceptors (Lipinski definition) is 6. The lowest BCUT2D eigenvalue weighted by Crippen LogP contribution is -2.27. The van der Waals surface area contributed by atoms with Gasteiger partial charge in [0.1, 0.15) is 5.25 Å². The van der Waals surface area contributed by atoms with E-state index in [-0.39, 0.29) is 30.6 Å². The molecule has 1 aliphatic heterocycles. The number of aromatic nitrogens is 2. The number of rotatable bonds is 3. The molecule has 1 saturated heterocycles. The Balaban J connectivity index is 2.27. The Bertz CT molecular complexity index is 577. The van der Waals surface area contributed by atoms with Gasteiger partial charge in [0.2, 0.25) is 20.8 Å². The van der Waals surface area contributed by atoms with Gasteiger partial charge >= 0.3 is 0 Å². The summed E-state index contributed by atoms with van der Waals surface area (Å²) in [6.45, 7) is -0.0213. The van der Waals surface area contributed by atoms with Crippen molar-refractivity contribution in [3.63, 3.8) is 0 Å². The lowest BCUT2D eigenvalue weighted by molar-refractivity contribution is -0.117. The Morgan fingerprint density at radius 2 is 2.22 bits per heavy atom. The molecule has 0 aliphatic carbocycles. The molecule has 1 aromatic rings. The third-order valence-corrected chi connectivity index (χ3v) is 4.44. The Labute approximate surface area is 108 Å². The summed E-state index contributed by atoms with van der Waals surface area (Å²) in [5.74, 6) is 0.145. The first kappa shape index (κ1) is 13.0. The average molecular weight is 292 g/mol. The predicted molar refractivity (Wildman–Crippen MR) is 64.1 cm³/mol. The fourth-order valence-electron chi connectivity index (χ4n) is 1.65. The zero-order chi connectivity index (χ0) is 13.3. The van der Waals surface area contributed by atoms with Crippen molar-refractivity contribution in [2.24, 2.45) is 0 Å². The van der Waals surface area contributed by atoms with Crippen molar-refractivity contribution in [2.45, 2.75) is 11.7 Å². The molecule has 0 spiro atoms. The van der Waals surface area contributed by atoms with Crippen molar-refractivity contribution in [3.05, 3.63) is 12.4 Å². The van der Waals surface area contributed by atoms with Gasteiger partial charge in [0.15, 0.2) is 5.82 Å². The number of anilines is 1. The first-order valence-corrected chi connectivity index (χ1v) is 7.39. The number of carbonyl (C=O) groups excluding carboxylic acids is 1. The van der Waals surface area contributed by atoms with Gasteiger partial charge in [-0.1, -0.05) is 0 Å². The summed E-state index contributed by atoms with van der Waals surface area (Å²) < 4.78 is 27.3. The third-order valence-electron chi connectivity index (χ3n) is 2.57. The van der Waals surface area contributed by atoms with E-state index >= 15 is 0 Å². The van der Waals surface area contributed by atoms with E-state index in [0.29, 0.717) is 0 Å². The van der Waals surface area contributed by atoms with Crippen LogP contribution in [0.4, 0.5) is 5.82 Å². The zero-order valence-corrected chi connectivity index (χ0v) is 11.0. The smallest absolute Gasteiger partial charge is 0.237 e. The van der Waals surface area contributed by atoms with Crippen LogP contribution >= 0.6 is 10.7 Å². The molecule has 0 N–H and O–H groups in total. The van der Waals surface area contributed by atoms with Gasteiger partial charge < -0.3 is 4.74 Å². The van der Waals surface area contributed by atoms with Crippen LogP contribution in [0.5, 0.6) is 5.88 Å². The summed E-state index contributed by atoms with van der Waals surface area (Å²) in [5.41, 5.74) is 0. The van der Waals surface area contributed by atoms with Gasteiger partial charge in [-0.3, -0.25) is 14.7 Å². The maximum Gasteiger partial charge on any atom is 0.237 e. The van der Waals surface area contributed by atoms with E-state index in [2.05, 4.69) is 9.97 Å². The molecular formula is C9H10ClN3O4S. The van der Waals surface area contributed by atoms with E-state index in [0.717, 1.165) is 0 Å². The first-order chi connectivity index (χ1) is 8.41. The Morgan fingerprint density at radius 3 is 2.78 bits per heavy atom. The highest BCUT2D eigenvalue weighted by atomic mass is 35.7. The monoisotopic (exact) mass is 291 g/mol. The SMILES string of the molecule is COc1cncc(N2CC(S(=O)(=O)Cl)CC2=O)n1. The summed E-state index contributed by atoms with van der Waals surface area (Å²) in [7, 11) is 2.91. The van der Waals surface area contributed by atoms with E-state index < -0.39 is 14.3 Å². The summed E-state index contributed by atoms with van der Waals surface area (Å²) in [4.78, 5) is 20.8. The largest absolute Gasteiger partial charge is 0.480 e. The van der Waals surface area contributed by atoms with E-state index in [1.165, 1.54) is 24.4 Å². The van der Waals surface area contributed by atoms with E-state index in [1.54, 1.807) is 0 Å². The van der Waals surface area contributed by atoms with Crippen LogP contribution in [0.2, 0.25) is 0 Å². The van der Waals surface area contributed by atoms with Crippen LogP contribution in [0.15, 0.2) is 12.4 Å². The van der Waals surface area contributed by atoms with E-state index in [4.69, 9.17) is 15.4 Å². The fraction of sp³-hybridized carbons (Fsp3) is 0.444. The van der Waals surface area contributed by atoms with Gasteiger partial charge in [-0.15, -0.1) is 0 Å². The lowest BCUT2D eigenvalue weighted by atomic mass is 10.4. The van der Waals surface area contributed by atoms with Crippen LogP contribution in [-0.4, -0.2) is 43.2 Å². The molecule has 9 heteroatoms. The number of methoxy groups -OCH3 is 1. The van der Waals surface area contributed by atoms with Crippen molar-refractivity contribution >= 4 is 31.5 Å². The molecule has 0 aromatic carbocycles. The highest BCUT2D eigenvalue weighted by Crippen LogP contribution is 2.25. The van der Waals surface area contributed by atoms with Gasteiger partial charge in [-0.2, -0.15) is 4.98 Å². The molecule has 0 radical (unpaired) electrons. The molecule has 0 bridgehead atoms. The van der Waals surface area contributed by atoms with Gasteiger partial charge in [0.25, 0.3) is 0 Å². The zero-order valence-electron chi connectivity index (χ0n) is 9.41. The standard InChI is InChI=1S/C9H10ClN3O4S/c1-17-8-4-11-3-7(12-8)13-5-6(2-9(13)14)18(10,15)16/h3-4,6H,2,5H2,1H3. The molecule has 2 heterocycles.